The van der Waals surface area contributed by atoms with Gasteiger partial charge in [0.1, 0.15) is 0 Å². The number of thiophene rings is 1. The first-order valence-corrected chi connectivity index (χ1v) is 7.46. The number of hydrogen-bond acceptors (Lipinski definition) is 5. The van der Waals surface area contributed by atoms with E-state index >= 15 is 0 Å². The number of thioether (sulfide) groups is 1. The van der Waals surface area contributed by atoms with Crippen molar-refractivity contribution in [3.63, 3.8) is 0 Å². The van der Waals surface area contributed by atoms with Crippen molar-refractivity contribution in [2.45, 2.75) is 24.4 Å². The van der Waals surface area contributed by atoms with E-state index in [2.05, 4.69) is 15.2 Å². The van der Waals surface area contributed by atoms with Crippen LogP contribution in [0.1, 0.15) is 19.3 Å². The van der Waals surface area contributed by atoms with Crippen LogP contribution in [0.4, 0.5) is 0 Å². The minimum atomic E-state index is 0.286. The van der Waals surface area contributed by atoms with Crippen LogP contribution in [0.2, 0.25) is 0 Å². The number of nitrogens with one attached hydrogen (secondary N) is 1. The van der Waals surface area contributed by atoms with Gasteiger partial charge in [0.15, 0.2) is 5.82 Å². The summed E-state index contributed by atoms with van der Waals surface area (Å²) in [5.74, 6) is 1.85. The molecular formula is C11H15N3OS2. The Morgan fingerprint density at radius 1 is 1.35 bits per heavy atom. The van der Waals surface area contributed by atoms with E-state index < -0.39 is 0 Å². The van der Waals surface area contributed by atoms with Crippen LogP contribution in [-0.4, -0.2) is 32.6 Å². The molecule has 0 aliphatic carbocycles. The molecule has 2 N–H and O–H groups in total. The highest BCUT2D eigenvalue weighted by molar-refractivity contribution is 7.99. The van der Waals surface area contributed by atoms with Gasteiger partial charge in [0.25, 0.3) is 0 Å². The maximum absolute atomic E-state index is 8.66. The van der Waals surface area contributed by atoms with Gasteiger partial charge < -0.3 is 5.11 Å². The van der Waals surface area contributed by atoms with Crippen molar-refractivity contribution in [3.8, 4) is 10.7 Å². The summed E-state index contributed by atoms with van der Waals surface area (Å²) in [6, 6.07) is 4.03. The van der Waals surface area contributed by atoms with Gasteiger partial charge in [-0.1, -0.05) is 24.2 Å². The Morgan fingerprint density at radius 3 is 3.06 bits per heavy atom. The van der Waals surface area contributed by atoms with E-state index in [-0.39, 0.29) is 6.61 Å². The number of H-pyrrole nitrogens is 1. The molecule has 0 unspecified atom stereocenters. The fourth-order valence-corrected chi connectivity index (χ4v) is 2.85. The third-order valence-electron chi connectivity index (χ3n) is 2.25. The minimum Gasteiger partial charge on any atom is -0.396 e. The summed E-state index contributed by atoms with van der Waals surface area (Å²) >= 11 is 3.31. The van der Waals surface area contributed by atoms with E-state index in [0.29, 0.717) is 0 Å². The van der Waals surface area contributed by atoms with Crippen LogP contribution >= 0.6 is 23.1 Å². The first kappa shape index (κ1) is 12.6. The maximum atomic E-state index is 8.66. The van der Waals surface area contributed by atoms with Crippen molar-refractivity contribution in [1.82, 2.24) is 15.2 Å². The summed E-state index contributed by atoms with van der Waals surface area (Å²) in [6.45, 7) is 0.286. The standard InChI is InChI=1S/C11H15N3OS2/c15-6-2-1-3-7-17-11-12-10(13-14-11)9-5-4-8-16-9/h4-5,8,15H,1-3,6-7H2,(H,12,13,14). The van der Waals surface area contributed by atoms with Crippen molar-refractivity contribution in [2.24, 2.45) is 0 Å². The van der Waals surface area contributed by atoms with Crippen LogP contribution in [-0.2, 0) is 0 Å². The largest absolute Gasteiger partial charge is 0.396 e. The van der Waals surface area contributed by atoms with E-state index in [0.717, 1.165) is 40.9 Å². The molecule has 2 rings (SSSR count). The first-order valence-electron chi connectivity index (χ1n) is 5.60. The van der Waals surface area contributed by atoms with E-state index in [1.54, 1.807) is 23.1 Å². The Labute approximate surface area is 108 Å². The highest BCUT2D eigenvalue weighted by Crippen LogP contribution is 2.23. The maximum Gasteiger partial charge on any atom is 0.208 e. The fraction of sp³-hybridized carbons (Fsp3) is 0.455. The van der Waals surface area contributed by atoms with Gasteiger partial charge >= 0.3 is 0 Å². The number of hydrogen-bond donors (Lipinski definition) is 2. The predicted octanol–water partition coefficient (Wildman–Crippen LogP) is 2.79. The SMILES string of the molecule is OCCCCCSc1n[nH]c(-c2cccs2)n1. The molecule has 0 bridgehead atoms. The molecule has 2 aromatic heterocycles. The number of aliphatic hydroxyl groups excluding tert-OH is 1. The van der Waals surface area contributed by atoms with Crippen LogP contribution in [0.15, 0.2) is 22.7 Å². The van der Waals surface area contributed by atoms with Gasteiger partial charge in [0, 0.05) is 12.4 Å². The molecule has 0 saturated heterocycles. The molecule has 17 heavy (non-hydrogen) atoms. The number of aromatic amines is 1. The third-order valence-corrected chi connectivity index (χ3v) is 4.06. The van der Waals surface area contributed by atoms with Crippen LogP contribution in [0.5, 0.6) is 0 Å². The van der Waals surface area contributed by atoms with Crippen molar-refractivity contribution >= 4 is 23.1 Å². The molecule has 0 aliphatic heterocycles. The first-order chi connectivity index (χ1) is 8.40. The molecule has 0 spiro atoms. The summed E-state index contributed by atoms with van der Waals surface area (Å²) in [5, 5.41) is 18.6. The molecule has 0 saturated carbocycles. The summed E-state index contributed by atoms with van der Waals surface area (Å²) in [4.78, 5) is 5.54. The number of nitrogens with zero attached hydrogens (tertiary/aromatic N) is 2. The lowest BCUT2D eigenvalue weighted by Gasteiger charge is -1.95. The molecule has 0 aliphatic rings. The Morgan fingerprint density at radius 2 is 2.29 bits per heavy atom. The topological polar surface area (TPSA) is 61.8 Å². The van der Waals surface area contributed by atoms with Crippen LogP contribution in [0.3, 0.4) is 0 Å². The molecule has 0 aromatic carbocycles. The zero-order valence-electron chi connectivity index (χ0n) is 9.43. The van der Waals surface area contributed by atoms with Gasteiger partial charge in [0.05, 0.1) is 4.88 Å². The fourth-order valence-electron chi connectivity index (χ4n) is 1.39. The summed E-state index contributed by atoms with van der Waals surface area (Å²) in [6.07, 6.45) is 3.04. The van der Waals surface area contributed by atoms with Crippen LogP contribution in [0, 0.1) is 0 Å². The average Bonchev–Trinajstić information content (AvgIpc) is 2.99. The number of unbranched alkanes of at least 4 members (excludes halogenated alkanes) is 2. The van der Waals surface area contributed by atoms with Gasteiger partial charge in [-0.25, -0.2) is 4.98 Å². The van der Waals surface area contributed by atoms with E-state index in [4.69, 9.17) is 5.11 Å². The van der Waals surface area contributed by atoms with Gasteiger partial charge in [-0.15, -0.1) is 16.4 Å². The molecule has 0 amide bonds. The molecule has 92 valence electrons. The van der Waals surface area contributed by atoms with E-state index in [1.165, 1.54) is 0 Å². The lowest BCUT2D eigenvalue weighted by Crippen LogP contribution is -1.86. The Kier molecular flexibility index (Phi) is 5.03. The minimum absolute atomic E-state index is 0.286. The van der Waals surface area contributed by atoms with Gasteiger partial charge in [0.2, 0.25) is 5.16 Å². The zero-order chi connectivity index (χ0) is 11.9. The molecule has 6 heteroatoms. The van der Waals surface area contributed by atoms with E-state index in [9.17, 15) is 0 Å². The lowest BCUT2D eigenvalue weighted by molar-refractivity contribution is 0.284. The third kappa shape index (κ3) is 3.83. The molecule has 0 atom stereocenters. The second-order valence-electron chi connectivity index (χ2n) is 3.58. The van der Waals surface area contributed by atoms with E-state index in [1.807, 2.05) is 17.5 Å². The predicted molar refractivity (Wildman–Crippen MR) is 71.4 cm³/mol. The summed E-state index contributed by atoms with van der Waals surface area (Å²) in [7, 11) is 0. The Balaban J connectivity index is 1.79. The molecule has 0 radical (unpaired) electrons. The van der Waals surface area contributed by atoms with Crippen LogP contribution in [0.25, 0.3) is 10.7 Å². The second kappa shape index (κ2) is 6.78. The average molecular weight is 269 g/mol. The Bertz CT molecular complexity index is 428. The van der Waals surface area contributed by atoms with Crippen molar-refractivity contribution in [2.75, 3.05) is 12.4 Å². The molecule has 0 fully saturated rings. The lowest BCUT2D eigenvalue weighted by atomic mass is 10.3. The van der Waals surface area contributed by atoms with Crippen LogP contribution < -0.4 is 0 Å². The molecule has 4 nitrogen and oxygen atoms in total. The zero-order valence-corrected chi connectivity index (χ0v) is 11.1. The molecule has 2 heterocycles. The van der Waals surface area contributed by atoms with Crippen molar-refractivity contribution < 1.29 is 5.11 Å². The number of aliphatic hydroxyl groups is 1. The van der Waals surface area contributed by atoms with Gasteiger partial charge in [-0.3, -0.25) is 5.10 Å². The molecule has 2 aromatic rings. The second-order valence-corrected chi connectivity index (χ2v) is 5.59. The van der Waals surface area contributed by atoms with Gasteiger partial charge in [-0.05, 0) is 24.3 Å². The highest BCUT2D eigenvalue weighted by Gasteiger charge is 2.06. The summed E-state index contributed by atoms with van der Waals surface area (Å²) in [5.41, 5.74) is 0. The normalized spacial score (nSPS) is 10.9. The van der Waals surface area contributed by atoms with Crippen molar-refractivity contribution in [1.29, 1.82) is 0 Å². The van der Waals surface area contributed by atoms with Crippen molar-refractivity contribution in [3.05, 3.63) is 17.5 Å². The Hall–Kier alpha value is -0.850. The number of rotatable bonds is 7. The molecular weight excluding hydrogens is 254 g/mol. The highest BCUT2D eigenvalue weighted by atomic mass is 32.2. The summed E-state index contributed by atoms with van der Waals surface area (Å²) < 4.78 is 0. The van der Waals surface area contributed by atoms with Gasteiger partial charge in [-0.2, -0.15) is 0 Å². The quantitative estimate of drug-likeness (QED) is 0.599. The number of aromatic nitrogens is 3. The smallest absolute Gasteiger partial charge is 0.208 e. The monoisotopic (exact) mass is 269 g/mol.